The summed E-state index contributed by atoms with van der Waals surface area (Å²) >= 11 is 0. The predicted molar refractivity (Wildman–Crippen MR) is 184 cm³/mol. The maximum atomic E-state index is 6.64. The fourth-order valence-electron chi connectivity index (χ4n) is 6.91. The van der Waals surface area contributed by atoms with Crippen molar-refractivity contribution in [3.8, 4) is 55.6 Å². The van der Waals surface area contributed by atoms with E-state index in [0.717, 1.165) is 39.5 Å². The van der Waals surface area contributed by atoms with E-state index in [1.165, 1.54) is 55.6 Å². The zero-order chi connectivity index (χ0) is 29.0. The molecule has 0 saturated heterocycles. The van der Waals surface area contributed by atoms with Crippen LogP contribution >= 0.6 is 0 Å². The van der Waals surface area contributed by atoms with E-state index in [2.05, 4.69) is 158 Å². The fraction of sp³-hybridized carbons (Fsp3) is 0.0233. The van der Waals surface area contributed by atoms with Crippen LogP contribution in [0.4, 0.5) is 0 Å². The Morgan fingerprint density at radius 2 is 0.955 bits per heavy atom. The molecule has 0 atom stereocenters. The molecular formula is C43H28O. The molecule has 0 fully saturated rings. The summed E-state index contributed by atoms with van der Waals surface area (Å²) in [5.41, 5.74) is 16.9. The summed E-state index contributed by atoms with van der Waals surface area (Å²) in [6.45, 7) is 0. The molecule has 1 aliphatic rings. The lowest BCUT2D eigenvalue weighted by molar-refractivity contribution is 0.670. The number of fused-ring (bicyclic) bond motifs is 6. The Kier molecular flexibility index (Phi) is 5.64. The number of rotatable bonds is 4. The highest BCUT2D eigenvalue weighted by molar-refractivity contribution is 6.11. The van der Waals surface area contributed by atoms with E-state index in [1.54, 1.807) is 0 Å². The Morgan fingerprint density at radius 1 is 0.341 bits per heavy atom. The molecule has 9 rings (SSSR count). The minimum atomic E-state index is 0.910. The maximum absolute atomic E-state index is 6.64. The van der Waals surface area contributed by atoms with Crippen LogP contribution in [-0.4, -0.2) is 0 Å². The average Bonchev–Trinajstić information content (AvgIpc) is 3.66. The lowest BCUT2D eigenvalue weighted by Crippen LogP contribution is -1.86. The van der Waals surface area contributed by atoms with Gasteiger partial charge in [-0.2, -0.15) is 0 Å². The Balaban J connectivity index is 1.18. The second-order valence-electron chi connectivity index (χ2n) is 11.7. The number of benzene rings is 7. The van der Waals surface area contributed by atoms with Gasteiger partial charge >= 0.3 is 0 Å². The molecule has 0 saturated carbocycles. The zero-order valence-corrected chi connectivity index (χ0v) is 24.1. The van der Waals surface area contributed by atoms with E-state index in [1.807, 2.05) is 0 Å². The molecule has 0 radical (unpaired) electrons. The smallest absolute Gasteiger partial charge is 0.143 e. The number of hydrogen-bond acceptors (Lipinski definition) is 1. The van der Waals surface area contributed by atoms with E-state index < -0.39 is 0 Å². The molecule has 0 aliphatic heterocycles. The van der Waals surface area contributed by atoms with Gasteiger partial charge < -0.3 is 4.42 Å². The molecule has 1 nitrogen and oxygen atoms in total. The van der Waals surface area contributed by atoms with Crippen LogP contribution in [0.25, 0.3) is 77.6 Å². The lowest BCUT2D eigenvalue weighted by Gasteiger charge is -2.11. The van der Waals surface area contributed by atoms with Crippen LogP contribution in [0.2, 0.25) is 0 Å². The van der Waals surface area contributed by atoms with Crippen molar-refractivity contribution in [1.82, 2.24) is 0 Å². The summed E-state index contributed by atoms with van der Waals surface area (Å²) in [6.07, 6.45) is 0.993. The molecule has 0 spiro atoms. The van der Waals surface area contributed by atoms with Gasteiger partial charge in [-0.1, -0.05) is 127 Å². The summed E-state index contributed by atoms with van der Waals surface area (Å²) in [6, 6.07) is 56.9. The van der Waals surface area contributed by atoms with Crippen LogP contribution in [0, 0.1) is 0 Å². The van der Waals surface area contributed by atoms with Crippen molar-refractivity contribution in [2.75, 3.05) is 0 Å². The van der Waals surface area contributed by atoms with Crippen LogP contribution in [0.5, 0.6) is 0 Å². The standard InChI is InChI=1S/C43H28O/c1-3-10-28(11-4-1)33-24-34(29-12-5-2-6-13-29)26-36(25-33)39-16-9-17-40-41-27-31(19-21-42(41)44-43(39)40)30-18-20-38-35(22-30)23-32-14-7-8-15-37(32)38/h1-22,24-27H,23H2. The molecule has 1 aliphatic carbocycles. The van der Waals surface area contributed by atoms with E-state index >= 15 is 0 Å². The van der Waals surface area contributed by atoms with Crippen molar-refractivity contribution in [2.45, 2.75) is 6.42 Å². The second-order valence-corrected chi connectivity index (χ2v) is 11.7. The first-order chi connectivity index (χ1) is 21.8. The van der Waals surface area contributed by atoms with Crippen molar-refractivity contribution in [3.63, 3.8) is 0 Å². The van der Waals surface area contributed by atoms with Gasteiger partial charge in [0.05, 0.1) is 0 Å². The van der Waals surface area contributed by atoms with Gasteiger partial charge in [-0.3, -0.25) is 0 Å². The van der Waals surface area contributed by atoms with Crippen molar-refractivity contribution in [1.29, 1.82) is 0 Å². The van der Waals surface area contributed by atoms with Crippen LogP contribution in [0.3, 0.4) is 0 Å². The van der Waals surface area contributed by atoms with E-state index in [-0.39, 0.29) is 0 Å². The lowest BCUT2D eigenvalue weighted by atomic mass is 9.92. The molecule has 8 aromatic rings. The molecule has 7 aromatic carbocycles. The summed E-state index contributed by atoms with van der Waals surface area (Å²) in [5.74, 6) is 0. The summed E-state index contributed by atoms with van der Waals surface area (Å²) in [4.78, 5) is 0. The first kappa shape index (κ1) is 24.9. The fourth-order valence-corrected chi connectivity index (χ4v) is 6.91. The molecular weight excluding hydrogens is 532 g/mol. The van der Waals surface area contributed by atoms with Gasteiger partial charge in [0, 0.05) is 16.3 Å². The molecule has 0 N–H and O–H groups in total. The van der Waals surface area contributed by atoms with Crippen molar-refractivity contribution in [2.24, 2.45) is 0 Å². The topological polar surface area (TPSA) is 13.1 Å². The maximum Gasteiger partial charge on any atom is 0.143 e. The molecule has 206 valence electrons. The van der Waals surface area contributed by atoms with E-state index in [4.69, 9.17) is 4.42 Å². The second kappa shape index (κ2) is 9.97. The van der Waals surface area contributed by atoms with Gasteiger partial charge in [0.1, 0.15) is 11.2 Å². The Bertz CT molecular complexity index is 2280. The first-order valence-electron chi connectivity index (χ1n) is 15.2. The quantitative estimate of drug-likeness (QED) is 0.209. The highest BCUT2D eigenvalue weighted by Crippen LogP contribution is 2.42. The Hall–Kier alpha value is -5.66. The third-order valence-corrected chi connectivity index (χ3v) is 9.08. The van der Waals surface area contributed by atoms with Crippen molar-refractivity contribution in [3.05, 3.63) is 169 Å². The molecule has 0 bridgehead atoms. The van der Waals surface area contributed by atoms with Crippen LogP contribution < -0.4 is 0 Å². The van der Waals surface area contributed by atoms with Gasteiger partial charge in [0.15, 0.2) is 0 Å². The molecule has 1 heteroatoms. The minimum absolute atomic E-state index is 0.910. The largest absolute Gasteiger partial charge is 0.455 e. The normalized spacial score (nSPS) is 12.0. The molecule has 0 unspecified atom stereocenters. The number of hydrogen-bond donors (Lipinski definition) is 0. The first-order valence-corrected chi connectivity index (χ1v) is 15.2. The highest BCUT2D eigenvalue weighted by atomic mass is 16.3. The molecule has 44 heavy (non-hydrogen) atoms. The van der Waals surface area contributed by atoms with Crippen LogP contribution in [0.1, 0.15) is 11.1 Å². The van der Waals surface area contributed by atoms with E-state index in [9.17, 15) is 0 Å². The van der Waals surface area contributed by atoms with Gasteiger partial charge in [0.25, 0.3) is 0 Å². The minimum Gasteiger partial charge on any atom is -0.455 e. The van der Waals surface area contributed by atoms with Gasteiger partial charge in [-0.25, -0.2) is 0 Å². The molecule has 0 amide bonds. The van der Waals surface area contributed by atoms with Gasteiger partial charge in [-0.05, 0) is 98.0 Å². The predicted octanol–water partition coefficient (Wildman–Crippen LogP) is 11.8. The van der Waals surface area contributed by atoms with Gasteiger partial charge in [0.2, 0.25) is 0 Å². The summed E-state index contributed by atoms with van der Waals surface area (Å²) in [5, 5.41) is 2.28. The van der Waals surface area contributed by atoms with Crippen LogP contribution in [0.15, 0.2) is 162 Å². The average molecular weight is 561 g/mol. The highest BCUT2D eigenvalue weighted by Gasteiger charge is 2.19. The van der Waals surface area contributed by atoms with Crippen molar-refractivity contribution < 1.29 is 4.42 Å². The molecule has 1 aromatic heterocycles. The van der Waals surface area contributed by atoms with Crippen LogP contribution in [-0.2, 0) is 6.42 Å². The number of para-hydroxylation sites is 1. The Morgan fingerprint density at radius 3 is 1.73 bits per heavy atom. The Labute approximate surface area is 256 Å². The monoisotopic (exact) mass is 560 g/mol. The van der Waals surface area contributed by atoms with Crippen molar-refractivity contribution >= 4 is 21.9 Å². The van der Waals surface area contributed by atoms with E-state index in [0.29, 0.717) is 0 Å². The summed E-state index contributed by atoms with van der Waals surface area (Å²) < 4.78 is 6.64. The third kappa shape index (κ3) is 4.09. The third-order valence-electron chi connectivity index (χ3n) is 9.08. The number of furan rings is 1. The zero-order valence-electron chi connectivity index (χ0n) is 24.1. The SMILES string of the molecule is c1ccc(-c2cc(-c3ccccc3)cc(-c3cccc4c3oc3ccc(-c5ccc6c(c5)Cc5ccccc5-6)cc34)c2)cc1. The molecule has 1 heterocycles. The summed E-state index contributed by atoms with van der Waals surface area (Å²) in [7, 11) is 0. The van der Waals surface area contributed by atoms with Gasteiger partial charge in [-0.15, -0.1) is 0 Å².